The smallest absolute Gasteiger partial charge is 0.0534 e. The van der Waals surface area contributed by atoms with Gasteiger partial charge in [0.1, 0.15) is 0 Å². The summed E-state index contributed by atoms with van der Waals surface area (Å²) < 4.78 is 2.02. The Labute approximate surface area is 106 Å². The summed E-state index contributed by atoms with van der Waals surface area (Å²) in [5.41, 5.74) is 1.25. The van der Waals surface area contributed by atoms with E-state index < -0.39 is 0 Å². The van der Waals surface area contributed by atoms with Crippen molar-refractivity contribution in [3.63, 3.8) is 0 Å². The predicted molar refractivity (Wildman–Crippen MR) is 72.2 cm³/mol. The van der Waals surface area contributed by atoms with Crippen molar-refractivity contribution in [3.8, 4) is 0 Å². The zero-order chi connectivity index (χ0) is 12.1. The monoisotopic (exact) mass is 249 g/mol. The highest BCUT2D eigenvalue weighted by Gasteiger charge is 2.00. The number of nitrogens with zero attached hydrogens (tertiary/aromatic N) is 2. The highest BCUT2D eigenvalue weighted by atomic mass is 32.1. The van der Waals surface area contributed by atoms with Crippen molar-refractivity contribution in [1.82, 2.24) is 15.1 Å². The van der Waals surface area contributed by atoms with E-state index in [0.29, 0.717) is 6.04 Å². The molecule has 2 heterocycles. The van der Waals surface area contributed by atoms with Crippen LogP contribution in [0.25, 0.3) is 0 Å². The molecule has 0 radical (unpaired) electrons. The molecule has 0 atom stereocenters. The van der Waals surface area contributed by atoms with Crippen LogP contribution in [0.15, 0.2) is 29.9 Å². The van der Waals surface area contributed by atoms with Crippen molar-refractivity contribution in [1.29, 1.82) is 0 Å². The van der Waals surface area contributed by atoms with Crippen molar-refractivity contribution in [2.45, 2.75) is 39.4 Å². The van der Waals surface area contributed by atoms with Gasteiger partial charge < -0.3 is 5.32 Å². The Balaban J connectivity index is 1.81. The molecule has 4 heteroatoms. The van der Waals surface area contributed by atoms with E-state index in [1.807, 2.05) is 22.2 Å². The van der Waals surface area contributed by atoms with E-state index in [9.17, 15) is 0 Å². The van der Waals surface area contributed by atoms with Crippen molar-refractivity contribution >= 4 is 11.3 Å². The third-order valence-corrected chi connectivity index (χ3v) is 3.50. The summed E-state index contributed by atoms with van der Waals surface area (Å²) in [5, 5.41) is 9.89. The molecule has 2 aromatic heterocycles. The summed E-state index contributed by atoms with van der Waals surface area (Å²) in [4.78, 5) is 1.42. The fourth-order valence-electron chi connectivity index (χ4n) is 1.62. The molecule has 1 N–H and O–H groups in total. The highest BCUT2D eigenvalue weighted by Crippen LogP contribution is 2.10. The number of aromatic nitrogens is 2. The summed E-state index contributed by atoms with van der Waals surface area (Å²) in [6, 6.07) is 4.79. The first-order valence-electron chi connectivity index (χ1n) is 6.01. The molecule has 17 heavy (non-hydrogen) atoms. The maximum Gasteiger partial charge on any atom is 0.0534 e. The number of thiophene rings is 1. The van der Waals surface area contributed by atoms with Crippen LogP contribution in [-0.4, -0.2) is 15.8 Å². The molecule has 0 aromatic carbocycles. The molecular weight excluding hydrogens is 230 g/mol. The molecule has 0 bridgehead atoms. The largest absolute Gasteiger partial charge is 0.310 e. The van der Waals surface area contributed by atoms with Crippen LogP contribution < -0.4 is 5.32 Å². The lowest BCUT2D eigenvalue weighted by Gasteiger charge is -2.05. The minimum Gasteiger partial charge on any atom is -0.310 e. The van der Waals surface area contributed by atoms with E-state index >= 15 is 0 Å². The second kappa shape index (κ2) is 5.98. The lowest BCUT2D eigenvalue weighted by molar-refractivity contribution is 0.586. The van der Waals surface area contributed by atoms with Crippen LogP contribution in [0, 0.1) is 0 Å². The van der Waals surface area contributed by atoms with Gasteiger partial charge in [-0.2, -0.15) is 5.10 Å². The van der Waals surface area contributed by atoms with Gasteiger partial charge in [-0.3, -0.25) is 4.68 Å². The molecule has 0 aliphatic heterocycles. The summed E-state index contributed by atoms with van der Waals surface area (Å²) in [5.74, 6) is 0. The number of aryl methyl sites for hydroxylation is 2. The zero-order valence-corrected chi connectivity index (χ0v) is 11.2. The zero-order valence-electron chi connectivity index (χ0n) is 10.4. The van der Waals surface area contributed by atoms with Gasteiger partial charge in [0.25, 0.3) is 0 Å². The van der Waals surface area contributed by atoms with E-state index in [-0.39, 0.29) is 0 Å². The Morgan fingerprint density at radius 2 is 2.35 bits per heavy atom. The predicted octanol–water partition coefficient (Wildman–Crippen LogP) is 2.69. The maximum atomic E-state index is 4.37. The van der Waals surface area contributed by atoms with Crippen molar-refractivity contribution in [2.75, 3.05) is 0 Å². The maximum absolute atomic E-state index is 4.37. The van der Waals surface area contributed by atoms with Crippen molar-refractivity contribution < 1.29 is 0 Å². The molecule has 0 aliphatic rings. The molecule has 2 rings (SSSR count). The first-order chi connectivity index (χ1) is 8.24. The van der Waals surface area contributed by atoms with Gasteiger partial charge in [-0.1, -0.05) is 19.9 Å². The normalized spacial score (nSPS) is 11.2. The van der Waals surface area contributed by atoms with Crippen LogP contribution in [0.3, 0.4) is 0 Å². The topological polar surface area (TPSA) is 29.9 Å². The van der Waals surface area contributed by atoms with Gasteiger partial charge in [0, 0.05) is 42.2 Å². The number of hydrogen-bond donors (Lipinski definition) is 1. The number of nitrogens with one attached hydrogen (secondary N) is 1. The molecule has 0 amide bonds. The Hall–Kier alpha value is -1.13. The summed E-state index contributed by atoms with van der Waals surface area (Å²) >= 11 is 1.81. The van der Waals surface area contributed by atoms with Crippen molar-refractivity contribution in [3.05, 3.63) is 40.3 Å². The first-order valence-corrected chi connectivity index (χ1v) is 6.89. The molecule has 92 valence electrons. The van der Waals surface area contributed by atoms with Crippen LogP contribution in [0.2, 0.25) is 0 Å². The fraction of sp³-hybridized carbons (Fsp3) is 0.462. The summed E-state index contributed by atoms with van der Waals surface area (Å²) in [6.45, 7) is 6.17. The van der Waals surface area contributed by atoms with Gasteiger partial charge in [-0.05, 0) is 11.4 Å². The van der Waals surface area contributed by atoms with E-state index in [4.69, 9.17) is 0 Å². The third kappa shape index (κ3) is 3.98. The molecule has 0 saturated carbocycles. The molecule has 3 nitrogen and oxygen atoms in total. The fourth-order valence-corrected chi connectivity index (χ4v) is 2.32. The van der Waals surface area contributed by atoms with Gasteiger partial charge in [0.05, 0.1) is 6.20 Å². The Morgan fingerprint density at radius 3 is 3.06 bits per heavy atom. The SMILES string of the molecule is CC(C)NCc1cnn(CCc2cccs2)c1. The van der Waals surface area contributed by atoms with Gasteiger partial charge in [-0.15, -0.1) is 11.3 Å². The van der Waals surface area contributed by atoms with Crippen LogP contribution in [0.4, 0.5) is 0 Å². The van der Waals surface area contributed by atoms with Gasteiger partial charge in [0.15, 0.2) is 0 Å². The molecule has 2 aromatic rings. The second-order valence-corrected chi connectivity index (χ2v) is 5.51. The third-order valence-electron chi connectivity index (χ3n) is 2.57. The average molecular weight is 249 g/mol. The second-order valence-electron chi connectivity index (χ2n) is 4.48. The van der Waals surface area contributed by atoms with E-state index in [2.05, 4.69) is 48.0 Å². The lowest BCUT2D eigenvalue weighted by atomic mass is 10.3. The standard InChI is InChI=1S/C13H19N3S/c1-11(2)14-8-12-9-15-16(10-12)6-5-13-4-3-7-17-13/h3-4,7,9-11,14H,5-6,8H2,1-2H3. The number of hydrogen-bond acceptors (Lipinski definition) is 3. The summed E-state index contributed by atoms with van der Waals surface area (Å²) in [7, 11) is 0. The van der Waals surface area contributed by atoms with Crippen LogP contribution in [0.5, 0.6) is 0 Å². The van der Waals surface area contributed by atoms with Gasteiger partial charge in [-0.25, -0.2) is 0 Å². The molecular formula is C13H19N3S. The van der Waals surface area contributed by atoms with Gasteiger partial charge in [0.2, 0.25) is 0 Å². The number of rotatable bonds is 6. The molecule has 0 spiro atoms. The first kappa shape index (κ1) is 12.3. The van der Waals surface area contributed by atoms with Crippen LogP contribution in [0.1, 0.15) is 24.3 Å². The Bertz CT molecular complexity index is 431. The Morgan fingerprint density at radius 1 is 1.47 bits per heavy atom. The van der Waals surface area contributed by atoms with Gasteiger partial charge >= 0.3 is 0 Å². The molecule has 0 unspecified atom stereocenters. The highest BCUT2D eigenvalue weighted by molar-refractivity contribution is 7.09. The van der Waals surface area contributed by atoms with Crippen LogP contribution in [-0.2, 0) is 19.5 Å². The van der Waals surface area contributed by atoms with E-state index in [1.54, 1.807) is 0 Å². The van der Waals surface area contributed by atoms with Crippen LogP contribution >= 0.6 is 11.3 Å². The molecule has 0 fully saturated rings. The molecule has 0 aliphatic carbocycles. The minimum atomic E-state index is 0.518. The minimum absolute atomic E-state index is 0.518. The lowest BCUT2D eigenvalue weighted by Crippen LogP contribution is -2.21. The quantitative estimate of drug-likeness (QED) is 0.853. The van der Waals surface area contributed by atoms with E-state index in [1.165, 1.54) is 10.4 Å². The summed E-state index contributed by atoms with van der Waals surface area (Å²) in [6.07, 6.45) is 5.14. The molecule has 0 saturated heterocycles. The van der Waals surface area contributed by atoms with E-state index in [0.717, 1.165) is 19.5 Å². The average Bonchev–Trinajstić information content (AvgIpc) is 2.95. The Kier molecular flexibility index (Phi) is 4.34. The van der Waals surface area contributed by atoms with Crippen molar-refractivity contribution in [2.24, 2.45) is 0 Å².